The summed E-state index contributed by atoms with van der Waals surface area (Å²) in [6.45, 7) is -0.447. The Labute approximate surface area is 186 Å². The van der Waals surface area contributed by atoms with Crippen LogP contribution in [0.1, 0.15) is 42.5 Å². The molecule has 3 rings (SSSR count). The van der Waals surface area contributed by atoms with Gasteiger partial charge in [-0.15, -0.1) is 0 Å². The van der Waals surface area contributed by atoms with Crippen LogP contribution in [0.3, 0.4) is 0 Å². The summed E-state index contributed by atoms with van der Waals surface area (Å²) in [5.74, 6) is -0.837. The second kappa shape index (κ2) is 11.7. The average Bonchev–Trinajstić information content (AvgIpc) is 2.83. The van der Waals surface area contributed by atoms with Gasteiger partial charge in [-0.1, -0.05) is 49.2 Å². The molecule has 0 saturated carbocycles. The Kier molecular flexibility index (Phi) is 8.45. The van der Waals surface area contributed by atoms with Gasteiger partial charge in [0.05, 0.1) is 11.2 Å². The zero-order valence-corrected chi connectivity index (χ0v) is 17.8. The highest BCUT2D eigenvalue weighted by atomic mass is 16.3. The number of nitrogens with zero attached hydrogens (tertiary/aromatic N) is 1. The van der Waals surface area contributed by atoms with Gasteiger partial charge in [0.25, 0.3) is 5.91 Å². The second-order valence-corrected chi connectivity index (χ2v) is 7.56. The van der Waals surface area contributed by atoms with E-state index in [1.54, 1.807) is 36.5 Å². The van der Waals surface area contributed by atoms with E-state index in [4.69, 9.17) is 5.11 Å². The van der Waals surface area contributed by atoms with Gasteiger partial charge in [0.2, 0.25) is 5.91 Å². The van der Waals surface area contributed by atoms with Crippen LogP contribution in [0.5, 0.6) is 0 Å². The Morgan fingerprint density at radius 3 is 2.47 bits per heavy atom. The first-order chi connectivity index (χ1) is 15.6. The van der Waals surface area contributed by atoms with Gasteiger partial charge in [-0.25, -0.2) is 0 Å². The van der Waals surface area contributed by atoms with Crippen LogP contribution >= 0.6 is 0 Å². The number of hydrogen-bond donors (Lipinski definition) is 3. The van der Waals surface area contributed by atoms with Crippen LogP contribution in [0.2, 0.25) is 0 Å². The molecule has 0 fully saturated rings. The van der Waals surface area contributed by atoms with Crippen LogP contribution in [0.15, 0.2) is 66.9 Å². The van der Waals surface area contributed by atoms with Gasteiger partial charge in [0.15, 0.2) is 5.78 Å². The van der Waals surface area contributed by atoms with Gasteiger partial charge in [0.1, 0.15) is 12.6 Å². The Morgan fingerprint density at radius 1 is 0.906 bits per heavy atom. The Hall–Kier alpha value is -3.58. The van der Waals surface area contributed by atoms with Crippen molar-refractivity contribution in [1.82, 2.24) is 10.3 Å². The lowest BCUT2D eigenvalue weighted by Crippen LogP contribution is -2.43. The number of aliphatic hydroxyl groups excluding tert-OH is 1. The number of pyridine rings is 1. The lowest BCUT2D eigenvalue weighted by molar-refractivity contribution is -0.122. The fourth-order valence-corrected chi connectivity index (χ4v) is 3.45. The number of ketones is 1. The molecular weight excluding hydrogens is 406 g/mol. The molecule has 1 atom stereocenters. The number of aromatic nitrogens is 1. The maximum absolute atomic E-state index is 13.1. The monoisotopic (exact) mass is 433 g/mol. The molecule has 0 aliphatic rings. The van der Waals surface area contributed by atoms with Gasteiger partial charge in [0, 0.05) is 23.6 Å². The first kappa shape index (κ1) is 23.1. The summed E-state index contributed by atoms with van der Waals surface area (Å²) in [5.41, 5.74) is 1.74. The van der Waals surface area contributed by atoms with Crippen molar-refractivity contribution in [2.45, 2.75) is 38.1 Å². The van der Waals surface area contributed by atoms with Crippen molar-refractivity contribution in [3.63, 3.8) is 0 Å². The molecule has 2 aromatic carbocycles. The third-order valence-electron chi connectivity index (χ3n) is 5.17. The first-order valence-corrected chi connectivity index (χ1v) is 10.7. The Balaban J connectivity index is 1.69. The fourth-order valence-electron chi connectivity index (χ4n) is 3.45. The topological polar surface area (TPSA) is 108 Å². The average molecular weight is 434 g/mol. The van der Waals surface area contributed by atoms with Gasteiger partial charge in [-0.2, -0.15) is 0 Å². The van der Waals surface area contributed by atoms with Gasteiger partial charge < -0.3 is 15.7 Å². The number of rotatable bonds is 11. The zero-order valence-electron chi connectivity index (χ0n) is 17.8. The molecule has 32 heavy (non-hydrogen) atoms. The van der Waals surface area contributed by atoms with Crippen molar-refractivity contribution in [2.75, 3.05) is 11.9 Å². The molecule has 0 radical (unpaired) electrons. The van der Waals surface area contributed by atoms with E-state index >= 15 is 0 Å². The minimum Gasteiger partial charge on any atom is -0.389 e. The lowest BCUT2D eigenvalue weighted by Gasteiger charge is -2.19. The van der Waals surface area contributed by atoms with Gasteiger partial charge in [-0.05, 0) is 37.1 Å². The van der Waals surface area contributed by atoms with E-state index in [2.05, 4.69) is 15.6 Å². The van der Waals surface area contributed by atoms with E-state index in [0.29, 0.717) is 48.9 Å². The molecule has 7 heteroatoms. The van der Waals surface area contributed by atoms with Gasteiger partial charge in [-0.3, -0.25) is 19.4 Å². The fraction of sp³-hybridized carbons (Fsp3) is 0.280. The summed E-state index contributed by atoms with van der Waals surface area (Å²) >= 11 is 0. The van der Waals surface area contributed by atoms with Crippen molar-refractivity contribution < 1.29 is 19.5 Å². The smallest absolute Gasteiger partial charge is 0.251 e. The molecule has 0 aliphatic carbocycles. The molecule has 1 aromatic heterocycles. The molecule has 0 saturated heterocycles. The van der Waals surface area contributed by atoms with Crippen LogP contribution in [0.25, 0.3) is 10.9 Å². The first-order valence-electron chi connectivity index (χ1n) is 10.7. The number of hydrogen-bond acceptors (Lipinski definition) is 5. The van der Waals surface area contributed by atoms with E-state index in [-0.39, 0.29) is 17.6 Å². The Morgan fingerprint density at radius 2 is 1.69 bits per heavy atom. The quantitative estimate of drug-likeness (QED) is 0.401. The zero-order chi connectivity index (χ0) is 22.8. The third kappa shape index (κ3) is 6.46. The summed E-state index contributed by atoms with van der Waals surface area (Å²) in [6.07, 6.45) is 4.40. The third-order valence-corrected chi connectivity index (χ3v) is 5.17. The van der Waals surface area contributed by atoms with Crippen molar-refractivity contribution in [3.8, 4) is 0 Å². The number of carbonyl (C=O) groups excluding carboxylic acids is 3. The number of aliphatic hydroxyl groups is 1. The van der Waals surface area contributed by atoms with Crippen molar-refractivity contribution >= 4 is 34.2 Å². The molecular formula is C25H27N3O4. The molecule has 2 amide bonds. The Bertz CT molecular complexity index is 1060. The van der Waals surface area contributed by atoms with E-state index in [9.17, 15) is 14.4 Å². The summed E-state index contributed by atoms with van der Waals surface area (Å²) < 4.78 is 0. The number of Topliss-reactive ketones (excluding diaryl/α,β-unsaturated/α-hetero) is 1. The number of anilines is 1. The SMILES string of the molecule is O=C(CO)CCCCC[C@H](NC(=O)c1ccccc1)C(=O)Nc1cccc2cccnc12. The molecule has 3 N–H and O–H groups in total. The number of nitrogens with one attached hydrogen (secondary N) is 2. The molecule has 3 aromatic rings. The standard InChI is InChI=1S/C25H27N3O4/c29-17-20(30)13-5-2-6-14-22(28-24(31)19-9-3-1-4-10-19)25(32)27-21-15-7-11-18-12-8-16-26-23(18)21/h1,3-4,7-12,15-16,22,29H,2,5-6,13-14,17H2,(H,27,32)(H,28,31)/t22-/m0/s1. The highest BCUT2D eigenvalue weighted by Gasteiger charge is 2.22. The van der Waals surface area contributed by atoms with Crippen LogP contribution in [0, 0.1) is 0 Å². The summed E-state index contributed by atoms with van der Waals surface area (Å²) in [4.78, 5) is 41.4. The van der Waals surface area contributed by atoms with Crippen LogP contribution in [-0.4, -0.2) is 40.3 Å². The van der Waals surface area contributed by atoms with Crippen LogP contribution < -0.4 is 10.6 Å². The highest BCUT2D eigenvalue weighted by molar-refractivity contribution is 6.04. The number of carbonyl (C=O) groups is 3. The molecule has 0 unspecified atom stereocenters. The number of unbranched alkanes of at least 4 members (excludes halogenated alkanes) is 2. The number of fused-ring (bicyclic) bond motifs is 1. The predicted octanol–water partition coefficient (Wildman–Crippen LogP) is 3.48. The second-order valence-electron chi connectivity index (χ2n) is 7.56. The summed E-state index contributed by atoms with van der Waals surface area (Å²) in [6, 6.07) is 17.3. The van der Waals surface area contributed by atoms with E-state index < -0.39 is 12.6 Å². The maximum Gasteiger partial charge on any atom is 0.251 e. The minimum atomic E-state index is -0.741. The summed E-state index contributed by atoms with van der Waals surface area (Å²) in [7, 11) is 0. The molecule has 1 heterocycles. The van der Waals surface area contributed by atoms with Gasteiger partial charge >= 0.3 is 0 Å². The number of para-hydroxylation sites is 1. The minimum absolute atomic E-state index is 0.194. The molecule has 0 bridgehead atoms. The summed E-state index contributed by atoms with van der Waals surface area (Å²) in [5, 5.41) is 15.5. The maximum atomic E-state index is 13.1. The van der Waals surface area contributed by atoms with Crippen LogP contribution in [-0.2, 0) is 9.59 Å². The molecule has 7 nitrogen and oxygen atoms in total. The van der Waals surface area contributed by atoms with E-state index in [0.717, 1.165) is 5.39 Å². The number of amides is 2. The lowest BCUT2D eigenvalue weighted by atomic mass is 10.0. The largest absolute Gasteiger partial charge is 0.389 e. The molecule has 166 valence electrons. The predicted molar refractivity (Wildman–Crippen MR) is 123 cm³/mol. The molecule has 0 spiro atoms. The van der Waals surface area contributed by atoms with E-state index in [1.807, 2.05) is 30.3 Å². The van der Waals surface area contributed by atoms with Crippen molar-refractivity contribution in [2.24, 2.45) is 0 Å². The van der Waals surface area contributed by atoms with Crippen LogP contribution in [0.4, 0.5) is 5.69 Å². The highest BCUT2D eigenvalue weighted by Crippen LogP contribution is 2.21. The normalized spacial score (nSPS) is 11.7. The number of benzene rings is 2. The molecule has 0 aliphatic heterocycles. The van der Waals surface area contributed by atoms with E-state index in [1.165, 1.54) is 0 Å². The van der Waals surface area contributed by atoms with Crippen molar-refractivity contribution in [3.05, 3.63) is 72.4 Å². The van der Waals surface area contributed by atoms with Crippen molar-refractivity contribution in [1.29, 1.82) is 0 Å².